The topological polar surface area (TPSA) is 106 Å². The zero-order chi connectivity index (χ0) is 15.3. The standard InChI is InChI=1S/C12H24N4.ClHO4/c1-3-13-7-9-15-5-2-6-16(12-15)10-8-14(4-1)11-13;2-1(3,4)5/h1-12H2;(H,2,3,4,5). The molecule has 21 heavy (non-hydrogen) atoms. The zero-order valence-electron chi connectivity index (χ0n) is 12.3. The van der Waals surface area contributed by atoms with E-state index in [0.29, 0.717) is 0 Å². The second kappa shape index (κ2) is 8.00. The van der Waals surface area contributed by atoms with E-state index < -0.39 is 10.2 Å². The summed E-state index contributed by atoms with van der Waals surface area (Å²) in [5.74, 6) is 0. The van der Waals surface area contributed by atoms with Gasteiger partial charge in [-0.1, -0.05) is 0 Å². The molecular formula is C12H25ClN4O4. The van der Waals surface area contributed by atoms with E-state index in [1.807, 2.05) is 4.90 Å². The predicted octanol–water partition coefficient (Wildman–Crippen LogP) is -6.24. The van der Waals surface area contributed by atoms with Gasteiger partial charge < -0.3 is 4.90 Å². The number of rotatable bonds is 0. The largest absolute Gasteiger partial charge is 0.321 e. The molecule has 3 aliphatic rings. The first-order chi connectivity index (χ1) is 9.90. The number of quaternary nitrogens is 1. The third-order valence-corrected chi connectivity index (χ3v) is 4.31. The Labute approximate surface area is 127 Å². The van der Waals surface area contributed by atoms with Crippen LogP contribution in [0.4, 0.5) is 0 Å². The Balaban J connectivity index is 0.000000282. The van der Waals surface area contributed by atoms with Crippen LogP contribution in [0, 0.1) is 10.2 Å². The Morgan fingerprint density at radius 3 is 1.95 bits per heavy atom. The van der Waals surface area contributed by atoms with Gasteiger partial charge in [0, 0.05) is 45.7 Å². The highest BCUT2D eigenvalue weighted by molar-refractivity contribution is 4.71. The number of nitrogens with zero attached hydrogens (tertiary/aromatic N) is 3. The first-order valence-electron chi connectivity index (χ1n) is 7.52. The van der Waals surface area contributed by atoms with Crippen LogP contribution >= 0.6 is 0 Å². The van der Waals surface area contributed by atoms with E-state index in [1.165, 1.54) is 78.5 Å². The molecule has 0 radical (unpaired) electrons. The molecule has 0 aromatic carbocycles. The normalized spacial score (nSPS) is 37.1. The van der Waals surface area contributed by atoms with E-state index in [-0.39, 0.29) is 0 Å². The van der Waals surface area contributed by atoms with Gasteiger partial charge in [-0.2, -0.15) is 0 Å². The summed E-state index contributed by atoms with van der Waals surface area (Å²) >= 11 is 0. The second-order valence-electron chi connectivity index (χ2n) is 5.99. The molecular weight excluding hydrogens is 300 g/mol. The first kappa shape index (κ1) is 17.3. The lowest BCUT2D eigenvalue weighted by atomic mass is 10.2. The van der Waals surface area contributed by atoms with Crippen LogP contribution in [-0.4, -0.2) is 80.4 Å². The average Bonchev–Trinajstić information content (AvgIpc) is 2.41. The molecule has 9 heteroatoms. The highest BCUT2D eigenvalue weighted by atomic mass is 35.7. The average molecular weight is 325 g/mol. The lowest BCUT2D eigenvalue weighted by Gasteiger charge is -2.41. The summed E-state index contributed by atoms with van der Waals surface area (Å²) in [6.07, 6.45) is 2.77. The highest BCUT2D eigenvalue weighted by Gasteiger charge is 2.25. The molecule has 0 aromatic rings. The van der Waals surface area contributed by atoms with Crippen LogP contribution in [0.2, 0.25) is 0 Å². The van der Waals surface area contributed by atoms with Gasteiger partial charge in [-0.05, 0) is 6.42 Å². The quantitative estimate of drug-likeness (QED) is 0.472. The second-order valence-corrected chi connectivity index (χ2v) is 6.74. The van der Waals surface area contributed by atoms with Gasteiger partial charge in [-0.15, -0.1) is 10.2 Å². The Bertz CT molecular complexity index is 268. The van der Waals surface area contributed by atoms with E-state index in [0.717, 1.165) is 0 Å². The minimum Gasteiger partial charge on any atom is -0.321 e. The van der Waals surface area contributed by atoms with Crippen molar-refractivity contribution >= 4 is 0 Å². The van der Waals surface area contributed by atoms with Gasteiger partial charge in [0.1, 0.15) is 6.67 Å². The monoisotopic (exact) mass is 324 g/mol. The van der Waals surface area contributed by atoms with Crippen LogP contribution in [0.25, 0.3) is 0 Å². The molecule has 3 rings (SSSR count). The van der Waals surface area contributed by atoms with E-state index in [9.17, 15) is 0 Å². The molecule has 1 N–H and O–H groups in total. The smallest absolute Gasteiger partial charge is 0.133 e. The molecule has 0 aliphatic carbocycles. The third-order valence-electron chi connectivity index (χ3n) is 4.31. The molecule has 4 atom stereocenters. The molecule has 3 fully saturated rings. The fraction of sp³-hybridized carbons (Fsp3) is 1.00. The third kappa shape index (κ3) is 7.18. The van der Waals surface area contributed by atoms with Crippen molar-refractivity contribution in [2.45, 2.75) is 12.8 Å². The Morgan fingerprint density at radius 2 is 1.24 bits per heavy atom. The van der Waals surface area contributed by atoms with Gasteiger partial charge in [0.2, 0.25) is 0 Å². The summed E-state index contributed by atoms with van der Waals surface area (Å²) in [5, 5.41) is 0. The van der Waals surface area contributed by atoms with Gasteiger partial charge in [-0.25, -0.2) is 18.6 Å². The summed E-state index contributed by atoms with van der Waals surface area (Å²) in [4.78, 5) is 9.78. The maximum Gasteiger partial charge on any atom is 0.133 e. The Hall–Kier alpha value is -0.0300. The highest BCUT2D eigenvalue weighted by Crippen LogP contribution is 2.06. The molecule has 4 bridgehead atoms. The zero-order valence-corrected chi connectivity index (χ0v) is 13.1. The van der Waals surface area contributed by atoms with Crippen LogP contribution in [-0.2, 0) is 0 Å². The fourth-order valence-electron chi connectivity index (χ4n) is 3.33. The van der Waals surface area contributed by atoms with E-state index in [1.54, 1.807) is 0 Å². The predicted molar refractivity (Wildman–Crippen MR) is 64.4 cm³/mol. The van der Waals surface area contributed by atoms with Crippen LogP contribution in [0.3, 0.4) is 0 Å². The summed E-state index contributed by atoms with van der Waals surface area (Å²) in [6, 6.07) is 0. The van der Waals surface area contributed by atoms with Gasteiger partial charge in [0.15, 0.2) is 0 Å². The van der Waals surface area contributed by atoms with E-state index in [4.69, 9.17) is 18.6 Å². The molecule has 124 valence electrons. The van der Waals surface area contributed by atoms with Gasteiger partial charge >= 0.3 is 0 Å². The van der Waals surface area contributed by atoms with E-state index >= 15 is 0 Å². The molecule has 3 aliphatic heterocycles. The SMILES string of the molecule is C1CN2CCN3CCC[NH+](CCN(C1)C2)C3.[O-][Cl+3]([O-])([O-])[O-]. The summed E-state index contributed by atoms with van der Waals surface area (Å²) < 4.78 is 34.0. The van der Waals surface area contributed by atoms with Crippen LogP contribution < -0.4 is 23.5 Å². The van der Waals surface area contributed by atoms with E-state index in [2.05, 4.69) is 14.7 Å². The molecule has 3 heterocycles. The van der Waals surface area contributed by atoms with Crippen molar-refractivity contribution in [2.75, 3.05) is 65.7 Å². The van der Waals surface area contributed by atoms with Crippen molar-refractivity contribution in [1.29, 1.82) is 0 Å². The molecule has 3 saturated heterocycles. The van der Waals surface area contributed by atoms with Crippen LogP contribution in [0.15, 0.2) is 0 Å². The summed E-state index contributed by atoms with van der Waals surface area (Å²) in [6.45, 7) is 13.1. The molecule has 0 amide bonds. The van der Waals surface area contributed by atoms with Gasteiger partial charge in [0.25, 0.3) is 0 Å². The maximum absolute atomic E-state index is 8.49. The Morgan fingerprint density at radius 1 is 0.667 bits per heavy atom. The van der Waals surface area contributed by atoms with Gasteiger partial charge in [0.05, 0.1) is 19.8 Å². The van der Waals surface area contributed by atoms with Crippen molar-refractivity contribution in [3.8, 4) is 0 Å². The van der Waals surface area contributed by atoms with Crippen molar-refractivity contribution in [2.24, 2.45) is 0 Å². The molecule has 8 nitrogen and oxygen atoms in total. The lowest BCUT2D eigenvalue weighted by Crippen LogP contribution is -3.15. The molecule has 0 spiro atoms. The summed E-state index contributed by atoms with van der Waals surface area (Å²) in [7, 11) is -4.94. The maximum atomic E-state index is 8.49. The van der Waals surface area contributed by atoms with Crippen molar-refractivity contribution in [1.82, 2.24) is 14.7 Å². The fourth-order valence-corrected chi connectivity index (χ4v) is 3.33. The van der Waals surface area contributed by atoms with Crippen molar-refractivity contribution < 1.29 is 33.8 Å². The molecule has 0 saturated carbocycles. The van der Waals surface area contributed by atoms with Crippen molar-refractivity contribution in [3.63, 3.8) is 0 Å². The minimum absolute atomic E-state index is 1.22. The first-order valence-corrected chi connectivity index (χ1v) is 8.76. The lowest BCUT2D eigenvalue weighted by molar-refractivity contribution is -2.00. The summed E-state index contributed by atoms with van der Waals surface area (Å²) in [5.41, 5.74) is 0. The number of halogens is 1. The number of hydrogen-bond acceptors (Lipinski definition) is 7. The van der Waals surface area contributed by atoms with Crippen LogP contribution in [0.1, 0.15) is 12.8 Å². The number of fused-ring (bicyclic) bond motifs is 4. The van der Waals surface area contributed by atoms with Crippen molar-refractivity contribution in [3.05, 3.63) is 0 Å². The molecule has 4 unspecified atom stereocenters. The Kier molecular flexibility index (Phi) is 6.60. The number of nitrogens with one attached hydrogen (secondary N) is 1. The van der Waals surface area contributed by atoms with Gasteiger partial charge in [-0.3, -0.25) is 14.7 Å². The van der Waals surface area contributed by atoms with Crippen LogP contribution in [0.5, 0.6) is 0 Å². The molecule has 0 aromatic heterocycles. The minimum atomic E-state index is -4.94. The number of hydrogen-bond donors (Lipinski definition) is 1.